The Balaban J connectivity index is 1.38. The van der Waals surface area contributed by atoms with Crippen LogP contribution in [0.5, 0.6) is 5.75 Å². The second kappa shape index (κ2) is 10.1. The van der Waals surface area contributed by atoms with Crippen LogP contribution in [0.15, 0.2) is 89.9 Å². The number of hydrogen-bond acceptors (Lipinski definition) is 4. The fraction of sp³-hybridized carbons (Fsp3) is 0.152. The lowest BCUT2D eigenvalue weighted by atomic mass is 9.96. The SMILES string of the molecule is CCOc1ccc(F)cc1C(C1=Nc2ccccc2C1)N1Cc2ccc(C#Cc3ccc(N)cc3)cc2C1=O. The fourth-order valence-electron chi connectivity index (χ4n) is 5.18. The molecule has 0 aromatic heterocycles. The number of hydrogen-bond donors (Lipinski definition) is 1. The van der Waals surface area contributed by atoms with E-state index in [-0.39, 0.29) is 11.7 Å². The van der Waals surface area contributed by atoms with E-state index in [1.54, 1.807) is 23.1 Å². The third-order valence-corrected chi connectivity index (χ3v) is 7.02. The molecule has 0 radical (unpaired) electrons. The van der Waals surface area contributed by atoms with Gasteiger partial charge in [0.05, 0.1) is 18.0 Å². The molecule has 6 rings (SSSR count). The van der Waals surface area contributed by atoms with Gasteiger partial charge >= 0.3 is 0 Å². The highest BCUT2D eigenvalue weighted by Gasteiger charge is 2.39. The number of aliphatic imine (C=N–C) groups is 1. The molecule has 0 saturated heterocycles. The molecule has 6 heteroatoms. The number of amides is 1. The Morgan fingerprint density at radius 2 is 1.74 bits per heavy atom. The number of fused-ring (bicyclic) bond motifs is 2. The van der Waals surface area contributed by atoms with Crippen molar-refractivity contribution in [1.29, 1.82) is 0 Å². The first kappa shape index (κ1) is 24.4. The maximum atomic E-state index is 14.6. The highest BCUT2D eigenvalue weighted by atomic mass is 19.1. The quantitative estimate of drug-likeness (QED) is 0.253. The molecule has 5 nitrogen and oxygen atoms in total. The molecule has 0 fully saturated rings. The van der Waals surface area contributed by atoms with Gasteiger partial charge in [-0.25, -0.2) is 4.39 Å². The zero-order valence-electron chi connectivity index (χ0n) is 21.4. The van der Waals surface area contributed by atoms with E-state index in [1.165, 1.54) is 12.1 Å². The molecule has 0 bridgehead atoms. The number of halogens is 1. The molecule has 1 atom stereocenters. The lowest BCUT2D eigenvalue weighted by Crippen LogP contribution is -2.35. The Bertz CT molecular complexity index is 1680. The normalized spacial score (nSPS) is 14.3. The summed E-state index contributed by atoms with van der Waals surface area (Å²) in [4.78, 5) is 20.6. The number of nitrogen functional groups attached to an aromatic ring is 1. The number of ether oxygens (including phenoxy) is 1. The summed E-state index contributed by atoms with van der Waals surface area (Å²) in [5.41, 5.74) is 12.8. The van der Waals surface area contributed by atoms with Gasteiger partial charge in [-0.15, -0.1) is 0 Å². The largest absolute Gasteiger partial charge is 0.493 e. The van der Waals surface area contributed by atoms with Gasteiger partial charge in [-0.05, 0) is 78.7 Å². The van der Waals surface area contributed by atoms with Crippen molar-refractivity contribution < 1.29 is 13.9 Å². The molecule has 192 valence electrons. The summed E-state index contributed by atoms with van der Waals surface area (Å²) in [6.07, 6.45) is 0.571. The van der Waals surface area contributed by atoms with Crippen LogP contribution in [0.4, 0.5) is 15.8 Å². The molecular formula is C33H26FN3O2. The number of carbonyl (C=O) groups is 1. The minimum absolute atomic E-state index is 0.142. The summed E-state index contributed by atoms with van der Waals surface area (Å²) in [6.45, 7) is 2.68. The van der Waals surface area contributed by atoms with Gasteiger partial charge in [0, 0.05) is 40.9 Å². The number of anilines is 1. The number of rotatable bonds is 5. The predicted octanol–water partition coefficient (Wildman–Crippen LogP) is 6.23. The van der Waals surface area contributed by atoms with Gasteiger partial charge in [0.15, 0.2) is 0 Å². The van der Waals surface area contributed by atoms with Crippen LogP contribution in [0.3, 0.4) is 0 Å². The minimum atomic E-state index is -0.584. The summed E-state index contributed by atoms with van der Waals surface area (Å²) in [6, 6.07) is 24.8. The van der Waals surface area contributed by atoms with Crippen molar-refractivity contribution in [2.45, 2.75) is 25.9 Å². The first-order valence-corrected chi connectivity index (χ1v) is 12.9. The lowest BCUT2D eigenvalue weighted by Gasteiger charge is -2.30. The van der Waals surface area contributed by atoms with E-state index in [0.717, 1.165) is 33.7 Å². The molecule has 2 aliphatic heterocycles. The van der Waals surface area contributed by atoms with Gasteiger partial charge in [-0.3, -0.25) is 9.79 Å². The topological polar surface area (TPSA) is 67.9 Å². The number of para-hydroxylation sites is 1. The Labute approximate surface area is 226 Å². The van der Waals surface area contributed by atoms with Crippen molar-refractivity contribution in [1.82, 2.24) is 4.90 Å². The molecule has 2 aliphatic rings. The number of carbonyl (C=O) groups excluding carboxylic acids is 1. The zero-order valence-corrected chi connectivity index (χ0v) is 21.4. The monoisotopic (exact) mass is 515 g/mol. The second-order valence-corrected chi connectivity index (χ2v) is 9.60. The highest BCUT2D eigenvalue weighted by molar-refractivity contribution is 6.05. The number of nitrogens with two attached hydrogens (primary N) is 1. The molecular weight excluding hydrogens is 489 g/mol. The third-order valence-electron chi connectivity index (χ3n) is 7.02. The molecule has 2 heterocycles. The van der Waals surface area contributed by atoms with Crippen LogP contribution in [0.1, 0.15) is 51.1 Å². The van der Waals surface area contributed by atoms with Crippen LogP contribution in [0.25, 0.3) is 0 Å². The molecule has 4 aromatic rings. The molecule has 39 heavy (non-hydrogen) atoms. The molecule has 1 amide bonds. The average Bonchev–Trinajstić information content (AvgIpc) is 3.51. The van der Waals surface area contributed by atoms with Crippen LogP contribution < -0.4 is 10.5 Å². The highest BCUT2D eigenvalue weighted by Crippen LogP contribution is 2.41. The van der Waals surface area contributed by atoms with Crippen LogP contribution in [0.2, 0.25) is 0 Å². The maximum absolute atomic E-state index is 14.6. The van der Waals surface area contributed by atoms with Gasteiger partial charge in [-0.2, -0.15) is 0 Å². The van der Waals surface area contributed by atoms with E-state index in [4.69, 9.17) is 15.5 Å². The standard InChI is InChI=1S/C33H26FN3O2/c1-2-39-31-16-13-25(34)19-28(31)32(30-18-23-5-3-4-6-29(23)36-30)37-20-24-12-9-22(17-27(24)33(37)38)8-7-21-10-14-26(35)15-11-21/h3-6,9-17,19,32H,2,18,20,35H2,1H3. The van der Waals surface area contributed by atoms with E-state index in [2.05, 4.69) is 11.8 Å². The van der Waals surface area contributed by atoms with E-state index >= 15 is 0 Å². The summed E-state index contributed by atoms with van der Waals surface area (Å²) in [5.74, 6) is 6.29. The van der Waals surface area contributed by atoms with Crippen LogP contribution in [-0.2, 0) is 13.0 Å². The van der Waals surface area contributed by atoms with E-state index in [9.17, 15) is 9.18 Å². The summed E-state index contributed by atoms with van der Waals surface area (Å²) >= 11 is 0. The molecule has 2 N–H and O–H groups in total. The smallest absolute Gasteiger partial charge is 0.255 e. The number of benzene rings is 4. The van der Waals surface area contributed by atoms with E-state index < -0.39 is 6.04 Å². The van der Waals surface area contributed by atoms with Crippen molar-refractivity contribution >= 4 is 23.0 Å². The van der Waals surface area contributed by atoms with Crippen molar-refractivity contribution in [2.24, 2.45) is 4.99 Å². The first-order valence-electron chi connectivity index (χ1n) is 12.9. The Morgan fingerprint density at radius 3 is 2.54 bits per heavy atom. The molecule has 0 aliphatic carbocycles. The van der Waals surface area contributed by atoms with Crippen LogP contribution in [-0.4, -0.2) is 23.1 Å². The van der Waals surface area contributed by atoms with Crippen molar-refractivity contribution in [3.8, 4) is 17.6 Å². The van der Waals surface area contributed by atoms with Crippen molar-refractivity contribution in [3.63, 3.8) is 0 Å². The van der Waals surface area contributed by atoms with E-state index in [0.29, 0.717) is 42.1 Å². The van der Waals surface area contributed by atoms with Gasteiger partial charge in [0.2, 0.25) is 0 Å². The third kappa shape index (κ3) is 4.75. The maximum Gasteiger partial charge on any atom is 0.255 e. The van der Waals surface area contributed by atoms with E-state index in [1.807, 2.05) is 61.5 Å². The molecule has 4 aromatic carbocycles. The predicted molar refractivity (Wildman–Crippen MR) is 151 cm³/mol. The Kier molecular flexibility index (Phi) is 6.34. The van der Waals surface area contributed by atoms with Gasteiger partial charge in [-0.1, -0.05) is 36.1 Å². The second-order valence-electron chi connectivity index (χ2n) is 9.60. The fourth-order valence-corrected chi connectivity index (χ4v) is 5.18. The molecule has 0 saturated carbocycles. The summed E-state index contributed by atoms with van der Waals surface area (Å²) in [7, 11) is 0. The van der Waals surface area contributed by atoms with Crippen molar-refractivity contribution in [2.75, 3.05) is 12.3 Å². The zero-order chi connectivity index (χ0) is 26.9. The van der Waals surface area contributed by atoms with Gasteiger partial charge in [0.1, 0.15) is 17.6 Å². The van der Waals surface area contributed by atoms with Gasteiger partial charge < -0.3 is 15.4 Å². The Morgan fingerprint density at radius 1 is 0.974 bits per heavy atom. The van der Waals surface area contributed by atoms with Crippen LogP contribution >= 0.6 is 0 Å². The average molecular weight is 516 g/mol. The lowest BCUT2D eigenvalue weighted by molar-refractivity contribution is 0.0745. The first-order chi connectivity index (χ1) is 19.0. The van der Waals surface area contributed by atoms with Gasteiger partial charge in [0.25, 0.3) is 5.91 Å². The molecule has 0 spiro atoms. The molecule has 1 unspecified atom stereocenters. The van der Waals surface area contributed by atoms with Crippen LogP contribution in [0, 0.1) is 17.7 Å². The summed E-state index contributed by atoms with van der Waals surface area (Å²) < 4.78 is 20.5. The number of nitrogens with zero attached hydrogens (tertiary/aromatic N) is 2. The Hall–Kier alpha value is -4.89. The summed E-state index contributed by atoms with van der Waals surface area (Å²) in [5, 5.41) is 0. The van der Waals surface area contributed by atoms with Crippen molar-refractivity contribution in [3.05, 3.63) is 124 Å². The minimum Gasteiger partial charge on any atom is -0.493 e.